The van der Waals surface area contributed by atoms with Gasteiger partial charge in [-0.2, -0.15) is 0 Å². The Morgan fingerprint density at radius 3 is 2.57 bits per heavy atom. The molecule has 0 saturated carbocycles. The van der Waals surface area contributed by atoms with Crippen molar-refractivity contribution in [3.05, 3.63) is 39.7 Å². The van der Waals surface area contributed by atoms with E-state index in [1.54, 1.807) is 0 Å². The molecule has 5 nitrogen and oxygen atoms in total. The molecule has 21 heavy (non-hydrogen) atoms. The third-order valence-corrected chi connectivity index (χ3v) is 4.01. The van der Waals surface area contributed by atoms with Crippen molar-refractivity contribution in [2.45, 2.75) is 6.92 Å². The zero-order valence-corrected chi connectivity index (χ0v) is 12.3. The van der Waals surface area contributed by atoms with E-state index in [4.69, 9.17) is 4.42 Å². The molecule has 0 aliphatic carbocycles. The van der Waals surface area contributed by atoms with Gasteiger partial charge in [0, 0.05) is 31.6 Å². The summed E-state index contributed by atoms with van der Waals surface area (Å²) in [7, 11) is 2.07. The van der Waals surface area contributed by atoms with Gasteiger partial charge < -0.3 is 14.2 Å². The van der Waals surface area contributed by atoms with Gasteiger partial charge in [-0.15, -0.1) is 0 Å². The number of rotatable bonds is 2. The van der Waals surface area contributed by atoms with Crippen molar-refractivity contribution >= 4 is 22.9 Å². The maximum absolute atomic E-state index is 12.1. The summed E-state index contributed by atoms with van der Waals surface area (Å²) in [5.41, 5.74) is 1.84. The van der Waals surface area contributed by atoms with E-state index >= 15 is 0 Å². The van der Waals surface area contributed by atoms with Gasteiger partial charge >= 0.3 is 5.63 Å². The first-order valence-electron chi connectivity index (χ1n) is 7.06. The van der Waals surface area contributed by atoms with Crippen molar-refractivity contribution in [2.75, 3.05) is 38.1 Å². The Kier molecular flexibility index (Phi) is 3.51. The fourth-order valence-corrected chi connectivity index (χ4v) is 2.78. The Labute approximate surface area is 122 Å². The molecule has 5 heteroatoms. The lowest BCUT2D eigenvalue weighted by Gasteiger charge is -2.34. The normalized spacial score (nSPS) is 16.4. The predicted octanol–water partition coefficient (Wildman–Crippen LogP) is 1.67. The smallest absolute Gasteiger partial charge is 0.349 e. The molecule has 2 heterocycles. The molecule has 1 aliphatic rings. The van der Waals surface area contributed by atoms with Gasteiger partial charge in [0.25, 0.3) is 0 Å². The molecular weight excluding hydrogens is 268 g/mol. The topological polar surface area (TPSA) is 53.8 Å². The highest BCUT2D eigenvalue weighted by Gasteiger charge is 2.22. The van der Waals surface area contributed by atoms with E-state index in [2.05, 4.69) is 16.8 Å². The van der Waals surface area contributed by atoms with Crippen LogP contribution in [0.5, 0.6) is 0 Å². The van der Waals surface area contributed by atoms with Crippen LogP contribution in [0.3, 0.4) is 0 Å². The van der Waals surface area contributed by atoms with Crippen molar-refractivity contribution in [1.82, 2.24) is 4.90 Å². The summed E-state index contributed by atoms with van der Waals surface area (Å²) in [6, 6.07) is 5.73. The summed E-state index contributed by atoms with van der Waals surface area (Å²) in [6.07, 6.45) is 0.610. The average Bonchev–Trinajstić information content (AvgIpc) is 2.46. The molecule has 1 aromatic heterocycles. The van der Waals surface area contributed by atoms with Crippen molar-refractivity contribution in [3.8, 4) is 0 Å². The summed E-state index contributed by atoms with van der Waals surface area (Å²) >= 11 is 0. The largest absolute Gasteiger partial charge is 0.422 e. The Morgan fingerprint density at radius 1 is 1.19 bits per heavy atom. The second-order valence-corrected chi connectivity index (χ2v) is 5.56. The molecule has 110 valence electrons. The number of carbonyl (C=O) groups excluding carboxylic acids is 1. The van der Waals surface area contributed by atoms with E-state index < -0.39 is 5.63 Å². The van der Waals surface area contributed by atoms with Crippen LogP contribution in [0.25, 0.3) is 11.0 Å². The Hall–Kier alpha value is -2.14. The fourth-order valence-electron chi connectivity index (χ4n) is 2.78. The maximum Gasteiger partial charge on any atom is 0.349 e. The number of aryl methyl sites for hydroxylation is 1. The minimum atomic E-state index is -0.558. The first-order valence-corrected chi connectivity index (χ1v) is 7.06. The van der Waals surface area contributed by atoms with Crippen LogP contribution in [0.4, 0.5) is 5.69 Å². The monoisotopic (exact) mass is 286 g/mol. The minimum Gasteiger partial charge on any atom is -0.422 e. The first kappa shape index (κ1) is 13.8. The summed E-state index contributed by atoms with van der Waals surface area (Å²) in [4.78, 5) is 27.8. The van der Waals surface area contributed by atoms with Gasteiger partial charge in [0.15, 0.2) is 6.29 Å². The molecule has 0 unspecified atom stereocenters. The maximum atomic E-state index is 12.1. The number of hydrogen-bond acceptors (Lipinski definition) is 5. The molecule has 0 spiro atoms. The number of nitrogens with zero attached hydrogens (tertiary/aromatic N) is 2. The summed E-state index contributed by atoms with van der Waals surface area (Å²) in [6.45, 7) is 5.36. The van der Waals surface area contributed by atoms with Gasteiger partial charge in [-0.05, 0) is 31.7 Å². The number of piperazine rings is 1. The van der Waals surface area contributed by atoms with Gasteiger partial charge in [-0.3, -0.25) is 4.79 Å². The Bertz CT molecular complexity index is 743. The average molecular weight is 286 g/mol. The number of aldehydes is 1. The lowest BCUT2D eigenvalue weighted by molar-refractivity contribution is 0.112. The Morgan fingerprint density at radius 2 is 1.90 bits per heavy atom. The first-order chi connectivity index (χ1) is 10.1. The van der Waals surface area contributed by atoms with E-state index in [0.29, 0.717) is 17.6 Å². The van der Waals surface area contributed by atoms with E-state index in [-0.39, 0.29) is 5.56 Å². The van der Waals surface area contributed by atoms with Crippen LogP contribution in [-0.2, 0) is 0 Å². The lowest BCUT2D eigenvalue weighted by atomic mass is 10.1. The minimum absolute atomic E-state index is 0.121. The van der Waals surface area contributed by atoms with Crippen LogP contribution in [0.2, 0.25) is 0 Å². The van der Waals surface area contributed by atoms with Crippen LogP contribution in [-0.4, -0.2) is 44.4 Å². The SMILES string of the molecule is Cc1ccc2c(N3CCN(C)CC3)c(C=O)c(=O)oc2c1. The Balaban J connectivity index is 2.22. The van der Waals surface area contributed by atoms with Crippen LogP contribution >= 0.6 is 0 Å². The van der Waals surface area contributed by atoms with E-state index in [1.807, 2.05) is 25.1 Å². The highest BCUT2D eigenvalue weighted by Crippen LogP contribution is 2.29. The second kappa shape index (κ2) is 5.33. The number of fused-ring (bicyclic) bond motifs is 1. The fraction of sp³-hybridized carbons (Fsp3) is 0.375. The van der Waals surface area contributed by atoms with Crippen molar-refractivity contribution in [1.29, 1.82) is 0 Å². The van der Waals surface area contributed by atoms with Crippen LogP contribution in [0, 0.1) is 6.92 Å². The molecule has 1 fully saturated rings. The number of likely N-dealkylation sites (N-methyl/N-ethyl adjacent to an activating group) is 1. The summed E-state index contributed by atoms with van der Waals surface area (Å²) in [5, 5.41) is 0.826. The number of anilines is 1. The van der Waals surface area contributed by atoms with Crippen molar-refractivity contribution in [2.24, 2.45) is 0 Å². The zero-order valence-electron chi connectivity index (χ0n) is 12.3. The molecule has 2 aromatic rings. The van der Waals surface area contributed by atoms with Crippen LogP contribution in [0.1, 0.15) is 15.9 Å². The third kappa shape index (κ3) is 2.45. The van der Waals surface area contributed by atoms with E-state index in [1.165, 1.54) is 0 Å². The molecular formula is C16H18N2O3. The molecule has 1 saturated heterocycles. The highest BCUT2D eigenvalue weighted by atomic mass is 16.4. The molecule has 0 N–H and O–H groups in total. The quantitative estimate of drug-likeness (QED) is 0.621. The van der Waals surface area contributed by atoms with Gasteiger partial charge in [0.1, 0.15) is 11.1 Å². The van der Waals surface area contributed by atoms with Gasteiger partial charge in [-0.1, -0.05) is 6.07 Å². The number of benzene rings is 1. The standard InChI is InChI=1S/C16H18N2O3/c1-11-3-4-12-14(9-11)21-16(20)13(10-19)15(12)18-7-5-17(2)6-8-18/h3-4,9-10H,5-8H2,1-2H3. The predicted molar refractivity (Wildman–Crippen MR) is 82.3 cm³/mol. The van der Waals surface area contributed by atoms with Crippen LogP contribution in [0.15, 0.2) is 27.4 Å². The molecule has 0 bridgehead atoms. The zero-order chi connectivity index (χ0) is 15.0. The van der Waals surface area contributed by atoms with Crippen LogP contribution < -0.4 is 10.5 Å². The van der Waals surface area contributed by atoms with Gasteiger partial charge in [0.05, 0.1) is 5.69 Å². The van der Waals surface area contributed by atoms with Gasteiger partial charge in [-0.25, -0.2) is 4.79 Å². The molecule has 0 amide bonds. The third-order valence-electron chi connectivity index (χ3n) is 4.01. The number of carbonyl (C=O) groups is 1. The van der Waals surface area contributed by atoms with Gasteiger partial charge in [0.2, 0.25) is 0 Å². The summed E-state index contributed by atoms with van der Waals surface area (Å²) in [5.74, 6) is 0. The van der Waals surface area contributed by atoms with Crippen molar-refractivity contribution < 1.29 is 9.21 Å². The number of hydrogen-bond donors (Lipinski definition) is 0. The highest BCUT2D eigenvalue weighted by molar-refractivity contribution is 5.99. The van der Waals surface area contributed by atoms with E-state index in [9.17, 15) is 9.59 Å². The molecule has 3 rings (SSSR count). The van der Waals surface area contributed by atoms with Crippen molar-refractivity contribution in [3.63, 3.8) is 0 Å². The van der Waals surface area contributed by atoms with E-state index in [0.717, 1.165) is 37.1 Å². The molecule has 1 aliphatic heterocycles. The second-order valence-electron chi connectivity index (χ2n) is 5.56. The molecule has 0 radical (unpaired) electrons. The summed E-state index contributed by atoms with van der Waals surface area (Å²) < 4.78 is 5.29. The molecule has 0 atom stereocenters. The molecule has 1 aromatic carbocycles. The lowest BCUT2D eigenvalue weighted by Crippen LogP contribution is -2.45.